The third-order valence-corrected chi connectivity index (χ3v) is 3.32. The van der Waals surface area contributed by atoms with Crippen LogP contribution in [0.1, 0.15) is 12.8 Å². The van der Waals surface area contributed by atoms with Crippen molar-refractivity contribution in [3.8, 4) is 0 Å². The average Bonchev–Trinajstić information content (AvgIpc) is 2.00. The minimum atomic E-state index is -4.39. The van der Waals surface area contributed by atoms with Crippen molar-refractivity contribution in [1.82, 2.24) is 5.32 Å². The molecule has 0 aliphatic heterocycles. The molecule has 0 fully saturated rings. The van der Waals surface area contributed by atoms with Crippen LogP contribution in [0.4, 0.5) is 13.2 Å². The molecule has 0 bridgehead atoms. The molecule has 0 rings (SSSR count). The second-order valence-corrected chi connectivity index (χ2v) is 5.28. The van der Waals surface area contributed by atoms with Crippen LogP contribution in [0.2, 0.25) is 0 Å². The highest BCUT2D eigenvalue weighted by molar-refractivity contribution is 7.91. The summed E-state index contributed by atoms with van der Waals surface area (Å²) in [4.78, 5) is 0. The Balaban J connectivity index is 3.85. The van der Waals surface area contributed by atoms with E-state index in [4.69, 9.17) is 0 Å². The molecule has 86 valence electrons. The molecular weight excluding hydrogens is 219 g/mol. The van der Waals surface area contributed by atoms with Gasteiger partial charge in [0.05, 0.1) is 17.9 Å². The summed E-state index contributed by atoms with van der Waals surface area (Å²) < 4.78 is 57.1. The van der Waals surface area contributed by atoms with Crippen molar-refractivity contribution in [2.24, 2.45) is 0 Å². The highest BCUT2D eigenvalue weighted by atomic mass is 32.2. The second kappa shape index (κ2) is 5.55. The SMILES string of the molecule is CNCCCS(=O)(=O)CCC(F)(F)F. The highest BCUT2D eigenvalue weighted by Crippen LogP contribution is 2.20. The van der Waals surface area contributed by atoms with Crippen LogP contribution < -0.4 is 5.32 Å². The van der Waals surface area contributed by atoms with Gasteiger partial charge in [-0.2, -0.15) is 13.2 Å². The van der Waals surface area contributed by atoms with E-state index in [2.05, 4.69) is 5.32 Å². The highest BCUT2D eigenvalue weighted by Gasteiger charge is 2.29. The van der Waals surface area contributed by atoms with E-state index in [1.165, 1.54) is 0 Å². The van der Waals surface area contributed by atoms with E-state index in [-0.39, 0.29) is 5.75 Å². The zero-order valence-electron chi connectivity index (χ0n) is 7.89. The molecular formula is C7H14F3NO2S. The van der Waals surface area contributed by atoms with E-state index in [1.807, 2.05) is 0 Å². The van der Waals surface area contributed by atoms with E-state index in [9.17, 15) is 21.6 Å². The number of sulfone groups is 1. The summed E-state index contributed by atoms with van der Waals surface area (Å²) >= 11 is 0. The lowest BCUT2D eigenvalue weighted by Gasteiger charge is -2.06. The van der Waals surface area contributed by atoms with E-state index in [1.54, 1.807) is 7.05 Å². The molecule has 7 heteroatoms. The fourth-order valence-corrected chi connectivity index (χ4v) is 2.17. The zero-order chi connectivity index (χ0) is 11.2. The molecule has 0 heterocycles. The molecule has 0 radical (unpaired) electrons. The second-order valence-electron chi connectivity index (χ2n) is 2.97. The van der Waals surface area contributed by atoms with Crippen molar-refractivity contribution in [3.63, 3.8) is 0 Å². The van der Waals surface area contributed by atoms with Crippen molar-refractivity contribution in [3.05, 3.63) is 0 Å². The van der Waals surface area contributed by atoms with Gasteiger partial charge in [0, 0.05) is 0 Å². The number of nitrogens with one attached hydrogen (secondary N) is 1. The first-order chi connectivity index (χ1) is 6.27. The van der Waals surface area contributed by atoms with Gasteiger partial charge in [0.15, 0.2) is 9.84 Å². The molecule has 0 amide bonds. The molecule has 0 aromatic heterocycles. The van der Waals surface area contributed by atoms with Crippen molar-refractivity contribution in [2.45, 2.75) is 19.0 Å². The molecule has 14 heavy (non-hydrogen) atoms. The Labute approximate surface area is 81.6 Å². The van der Waals surface area contributed by atoms with Crippen LogP contribution in [0.3, 0.4) is 0 Å². The third-order valence-electron chi connectivity index (χ3n) is 1.58. The fourth-order valence-electron chi connectivity index (χ4n) is 0.842. The van der Waals surface area contributed by atoms with E-state index >= 15 is 0 Å². The van der Waals surface area contributed by atoms with Gasteiger partial charge < -0.3 is 5.32 Å². The van der Waals surface area contributed by atoms with Gasteiger partial charge in [-0.3, -0.25) is 0 Å². The number of rotatable bonds is 6. The van der Waals surface area contributed by atoms with Crippen molar-refractivity contribution >= 4 is 9.84 Å². The lowest BCUT2D eigenvalue weighted by molar-refractivity contribution is -0.129. The molecule has 0 spiro atoms. The van der Waals surface area contributed by atoms with E-state index in [0.29, 0.717) is 13.0 Å². The first kappa shape index (κ1) is 13.7. The number of hydrogen-bond acceptors (Lipinski definition) is 3. The van der Waals surface area contributed by atoms with Gasteiger partial charge in [-0.05, 0) is 20.0 Å². The maximum absolute atomic E-state index is 11.7. The molecule has 1 N–H and O–H groups in total. The normalized spacial score (nSPS) is 13.1. The number of hydrogen-bond donors (Lipinski definition) is 1. The predicted octanol–water partition coefficient (Wildman–Crippen LogP) is 0.963. The smallest absolute Gasteiger partial charge is 0.320 e. The van der Waals surface area contributed by atoms with Crippen LogP contribution in [0.15, 0.2) is 0 Å². The predicted molar refractivity (Wildman–Crippen MR) is 47.9 cm³/mol. The first-order valence-corrected chi connectivity index (χ1v) is 6.01. The van der Waals surface area contributed by atoms with Crippen molar-refractivity contribution < 1.29 is 21.6 Å². The van der Waals surface area contributed by atoms with Gasteiger partial charge in [0.2, 0.25) is 0 Å². The summed E-state index contributed by atoms with van der Waals surface area (Å²) in [6.07, 6.45) is -5.30. The monoisotopic (exact) mass is 233 g/mol. The van der Waals surface area contributed by atoms with Gasteiger partial charge >= 0.3 is 6.18 Å². The quantitative estimate of drug-likeness (QED) is 0.695. The van der Waals surface area contributed by atoms with Crippen LogP contribution in [0.25, 0.3) is 0 Å². The van der Waals surface area contributed by atoms with Crippen molar-refractivity contribution in [2.75, 3.05) is 25.1 Å². The van der Waals surface area contributed by atoms with Crippen LogP contribution in [-0.2, 0) is 9.84 Å². The topological polar surface area (TPSA) is 46.2 Å². The number of alkyl halides is 3. The van der Waals surface area contributed by atoms with E-state index < -0.39 is 28.2 Å². The third kappa shape index (κ3) is 8.31. The van der Waals surface area contributed by atoms with E-state index in [0.717, 1.165) is 0 Å². The first-order valence-electron chi connectivity index (χ1n) is 4.18. The molecule has 0 unspecified atom stereocenters. The Morgan fingerprint density at radius 2 is 1.79 bits per heavy atom. The summed E-state index contributed by atoms with van der Waals surface area (Å²) in [5.41, 5.74) is 0. The van der Waals surface area contributed by atoms with Crippen LogP contribution in [0, 0.1) is 0 Å². The van der Waals surface area contributed by atoms with Gasteiger partial charge in [0.1, 0.15) is 0 Å². The molecule has 0 aromatic carbocycles. The lowest BCUT2D eigenvalue weighted by atomic mass is 10.5. The Morgan fingerprint density at radius 1 is 1.21 bits per heavy atom. The lowest BCUT2D eigenvalue weighted by Crippen LogP contribution is -2.20. The molecule has 0 aliphatic carbocycles. The van der Waals surface area contributed by atoms with Gasteiger partial charge in [0.25, 0.3) is 0 Å². The van der Waals surface area contributed by atoms with Crippen LogP contribution >= 0.6 is 0 Å². The van der Waals surface area contributed by atoms with Gasteiger partial charge in [-0.1, -0.05) is 0 Å². The Bertz CT molecular complexity index is 248. The molecule has 0 saturated carbocycles. The summed E-state index contributed by atoms with van der Waals surface area (Å²) in [6.45, 7) is 0.491. The van der Waals surface area contributed by atoms with Gasteiger partial charge in [-0.25, -0.2) is 8.42 Å². The number of halogens is 3. The maximum Gasteiger partial charge on any atom is 0.390 e. The van der Waals surface area contributed by atoms with Crippen LogP contribution in [0.5, 0.6) is 0 Å². The molecule has 0 atom stereocenters. The largest absolute Gasteiger partial charge is 0.390 e. The molecule has 0 aliphatic rings. The standard InChI is InChI=1S/C7H14F3NO2S/c1-11-4-2-5-14(12,13)6-3-7(8,9)10/h11H,2-6H2,1H3. The summed E-state index contributed by atoms with van der Waals surface area (Å²) in [5, 5.41) is 2.73. The van der Waals surface area contributed by atoms with Crippen molar-refractivity contribution in [1.29, 1.82) is 0 Å². The Kier molecular flexibility index (Phi) is 5.43. The summed E-state index contributed by atoms with van der Waals surface area (Å²) in [5.74, 6) is -0.996. The summed E-state index contributed by atoms with van der Waals surface area (Å²) in [7, 11) is -1.89. The average molecular weight is 233 g/mol. The zero-order valence-corrected chi connectivity index (χ0v) is 8.71. The fraction of sp³-hybridized carbons (Fsp3) is 1.00. The maximum atomic E-state index is 11.7. The molecule has 3 nitrogen and oxygen atoms in total. The van der Waals surface area contributed by atoms with Crippen LogP contribution in [-0.4, -0.2) is 39.7 Å². The Hall–Kier alpha value is -0.300. The minimum Gasteiger partial charge on any atom is -0.320 e. The Morgan fingerprint density at radius 3 is 2.21 bits per heavy atom. The van der Waals surface area contributed by atoms with Gasteiger partial charge in [-0.15, -0.1) is 0 Å². The molecule has 0 saturated heterocycles. The minimum absolute atomic E-state index is 0.191. The molecule has 0 aromatic rings. The summed E-state index contributed by atoms with van der Waals surface area (Å²) in [6, 6.07) is 0.